The maximum absolute atomic E-state index is 13.5. The number of nitrogens with zero attached hydrogens (tertiary/aromatic N) is 1. The minimum atomic E-state index is -5.61. The zero-order chi connectivity index (χ0) is 21.3. The van der Waals surface area contributed by atoms with Crippen LogP contribution in [0.2, 0.25) is 0 Å². The van der Waals surface area contributed by atoms with E-state index in [2.05, 4.69) is 13.1 Å². The van der Waals surface area contributed by atoms with Gasteiger partial charge in [-0.15, -0.1) is 0 Å². The Hall–Kier alpha value is -0.950. The molecule has 160 valence electrons. The van der Waals surface area contributed by atoms with E-state index < -0.39 is 53.8 Å². The number of nitrogen functional groups attached to an aromatic ring is 1. The van der Waals surface area contributed by atoms with Gasteiger partial charge >= 0.3 is 23.5 Å². The highest BCUT2D eigenvalue weighted by molar-refractivity contribution is 7.66. The Morgan fingerprint density at radius 1 is 1.18 bits per heavy atom. The molecule has 0 spiro atoms. The zero-order valence-corrected chi connectivity index (χ0v) is 16.4. The van der Waals surface area contributed by atoms with Crippen LogP contribution in [-0.4, -0.2) is 36.9 Å². The molecule has 14 nitrogen and oxygen atoms in total. The van der Waals surface area contributed by atoms with Gasteiger partial charge in [0, 0.05) is 12.3 Å². The van der Waals surface area contributed by atoms with E-state index in [-0.39, 0.29) is 18.5 Å². The second kappa shape index (κ2) is 8.42. The quantitative estimate of drug-likeness (QED) is 0.331. The fourth-order valence-electron chi connectivity index (χ4n) is 2.26. The molecule has 0 aliphatic carbocycles. The lowest BCUT2D eigenvalue weighted by atomic mass is 10.2. The fraction of sp³-hybridized carbons (Fsp3) is 0.500. The van der Waals surface area contributed by atoms with E-state index in [1.807, 2.05) is 0 Å². The van der Waals surface area contributed by atoms with Gasteiger partial charge in [-0.2, -0.15) is 8.62 Å². The Balaban J connectivity index is 1.95. The van der Waals surface area contributed by atoms with Gasteiger partial charge in [0.05, 0.1) is 18.4 Å². The molecule has 0 saturated carbocycles. The topological polar surface area (TPSA) is 217 Å². The van der Waals surface area contributed by atoms with E-state index in [0.717, 1.165) is 16.8 Å². The number of hydrogen-bond donors (Lipinski definition) is 5. The third-order valence-electron chi connectivity index (χ3n) is 3.30. The van der Waals surface area contributed by atoms with Crippen molar-refractivity contribution in [2.45, 2.75) is 25.2 Å². The lowest BCUT2D eigenvalue weighted by Gasteiger charge is -2.19. The molecular weight excluding hydrogens is 452 g/mol. The summed E-state index contributed by atoms with van der Waals surface area (Å²) in [6, 6.07) is 0.859. The van der Waals surface area contributed by atoms with Crippen molar-refractivity contribution in [1.29, 1.82) is 0 Å². The molecular formula is C10H16FN2O12P3. The summed E-state index contributed by atoms with van der Waals surface area (Å²) in [5, 5.41) is 0. The maximum Gasteiger partial charge on any atom is 0.490 e. The molecule has 1 aromatic rings. The molecule has 28 heavy (non-hydrogen) atoms. The average Bonchev–Trinajstić information content (AvgIpc) is 2.94. The van der Waals surface area contributed by atoms with Crippen molar-refractivity contribution in [1.82, 2.24) is 4.57 Å². The number of phosphoric ester groups is 1. The molecule has 1 saturated heterocycles. The van der Waals surface area contributed by atoms with Crippen LogP contribution >= 0.6 is 23.5 Å². The molecule has 1 fully saturated rings. The van der Waals surface area contributed by atoms with Gasteiger partial charge in [0.2, 0.25) is 0 Å². The lowest BCUT2D eigenvalue weighted by Crippen LogP contribution is -2.26. The predicted octanol–water partition coefficient (Wildman–Crippen LogP) is 0.590. The highest BCUT2D eigenvalue weighted by Crippen LogP contribution is 2.66. The van der Waals surface area contributed by atoms with Crippen LogP contribution in [0, 0.1) is 5.82 Å². The summed E-state index contributed by atoms with van der Waals surface area (Å²) in [6.45, 7) is -0.660. The molecule has 1 aliphatic heterocycles. The standard InChI is InChI=1S/C10H16FN2O12P3/c11-7-4-13(9(14)3-8(7)12)10-2-1-6(23-10)5-22-27(18,19)25-28(20,21)24-26(15,16)17/h3-4,6,10H,1-2,5,12H2,(H,18,19)(H,20,21)(H2,15,16,17). The Kier molecular flexibility index (Phi) is 7.02. The normalized spacial score (nSPS) is 24.6. The summed E-state index contributed by atoms with van der Waals surface area (Å²) in [7, 11) is -16.4. The molecule has 4 atom stereocenters. The molecule has 2 heterocycles. The van der Waals surface area contributed by atoms with Crippen molar-refractivity contribution in [3.05, 3.63) is 28.4 Å². The molecule has 0 aromatic carbocycles. The number of phosphoric acid groups is 3. The smallest absolute Gasteiger partial charge is 0.396 e. The third-order valence-corrected chi connectivity index (χ3v) is 7.10. The minimum Gasteiger partial charge on any atom is -0.396 e. The van der Waals surface area contributed by atoms with Gasteiger partial charge < -0.3 is 30.0 Å². The number of halogens is 1. The third kappa shape index (κ3) is 6.83. The van der Waals surface area contributed by atoms with Crippen molar-refractivity contribution in [2.24, 2.45) is 0 Å². The van der Waals surface area contributed by atoms with Crippen molar-refractivity contribution in [2.75, 3.05) is 12.3 Å². The number of hydrogen-bond acceptors (Lipinski definition) is 9. The Bertz CT molecular complexity index is 931. The summed E-state index contributed by atoms with van der Waals surface area (Å²) >= 11 is 0. The van der Waals surface area contributed by atoms with Crippen molar-refractivity contribution in [3.63, 3.8) is 0 Å². The van der Waals surface area contributed by atoms with Crippen LogP contribution in [0.15, 0.2) is 17.1 Å². The van der Waals surface area contributed by atoms with Gasteiger partial charge in [-0.25, -0.2) is 18.1 Å². The molecule has 0 bridgehead atoms. The largest absolute Gasteiger partial charge is 0.490 e. The van der Waals surface area contributed by atoms with Crippen LogP contribution in [0.3, 0.4) is 0 Å². The predicted molar refractivity (Wildman–Crippen MR) is 88.0 cm³/mol. The first-order chi connectivity index (χ1) is 12.7. The van der Waals surface area contributed by atoms with Crippen LogP contribution in [0.25, 0.3) is 0 Å². The van der Waals surface area contributed by atoms with Gasteiger partial charge in [0.25, 0.3) is 5.56 Å². The first kappa shape index (κ1) is 23.3. The summed E-state index contributed by atoms with van der Waals surface area (Å²) in [5.74, 6) is -0.847. The molecule has 0 radical (unpaired) electrons. The molecule has 1 aliphatic rings. The number of anilines is 1. The van der Waals surface area contributed by atoms with Crippen LogP contribution in [-0.2, 0) is 31.6 Å². The Morgan fingerprint density at radius 2 is 1.82 bits per heavy atom. The summed E-state index contributed by atoms with van der Waals surface area (Å²) in [5.41, 5.74) is 4.29. The average molecular weight is 468 g/mol. The summed E-state index contributed by atoms with van der Waals surface area (Å²) in [6.07, 6.45) is -0.570. The van der Waals surface area contributed by atoms with E-state index >= 15 is 0 Å². The highest BCUT2D eigenvalue weighted by atomic mass is 31.3. The molecule has 0 amide bonds. The van der Waals surface area contributed by atoms with Gasteiger partial charge in [-0.3, -0.25) is 13.9 Å². The zero-order valence-electron chi connectivity index (χ0n) is 13.7. The molecule has 18 heteroatoms. The van der Waals surface area contributed by atoms with Crippen LogP contribution in [0.5, 0.6) is 0 Å². The summed E-state index contributed by atoms with van der Waals surface area (Å²) < 4.78 is 64.8. The maximum atomic E-state index is 13.5. The SMILES string of the molecule is Nc1cc(=O)n(C2CCC(COP(=O)(O)OP(=O)(O)OP(=O)(O)O)O2)cc1F. The Labute approximate surface area is 156 Å². The first-order valence-corrected chi connectivity index (χ1v) is 11.8. The number of rotatable bonds is 8. The van der Waals surface area contributed by atoms with Gasteiger partial charge in [0.15, 0.2) is 5.82 Å². The number of ether oxygens (including phenoxy) is 1. The van der Waals surface area contributed by atoms with Crippen molar-refractivity contribution < 1.29 is 55.5 Å². The van der Waals surface area contributed by atoms with Crippen molar-refractivity contribution in [3.8, 4) is 0 Å². The number of aromatic nitrogens is 1. The second-order valence-corrected chi connectivity index (χ2v) is 9.92. The van der Waals surface area contributed by atoms with Gasteiger partial charge in [-0.1, -0.05) is 0 Å². The second-order valence-electron chi connectivity index (χ2n) is 5.50. The first-order valence-electron chi connectivity index (χ1n) is 7.28. The monoisotopic (exact) mass is 468 g/mol. The fourth-order valence-corrected chi connectivity index (χ4v) is 5.31. The Morgan fingerprint density at radius 3 is 2.43 bits per heavy atom. The van der Waals surface area contributed by atoms with Crippen LogP contribution < -0.4 is 11.3 Å². The molecule has 6 N–H and O–H groups in total. The minimum absolute atomic E-state index is 0.193. The van der Waals surface area contributed by atoms with Gasteiger partial charge in [0.1, 0.15) is 6.23 Å². The molecule has 2 rings (SSSR count). The lowest BCUT2D eigenvalue weighted by molar-refractivity contribution is -0.0240. The van der Waals surface area contributed by atoms with E-state index in [4.69, 9.17) is 25.2 Å². The number of pyridine rings is 1. The van der Waals surface area contributed by atoms with E-state index in [1.54, 1.807) is 0 Å². The molecule has 4 unspecified atom stereocenters. The van der Waals surface area contributed by atoms with Crippen LogP contribution in [0.1, 0.15) is 19.1 Å². The van der Waals surface area contributed by atoms with Crippen molar-refractivity contribution >= 4 is 29.2 Å². The van der Waals surface area contributed by atoms with Crippen LogP contribution in [0.4, 0.5) is 10.1 Å². The number of nitrogens with two attached hydrogens (primary N) is 1. The highest BCUT2D eigenvalue weighted by Gasteiger charge is 2.41. The van der Waals surface area contributed by atoms with Gasteiger partial charge in [-0.05, 0) is 12.8 Å². The van der Waals surface area contributed by atoms with E-state index in [9.17, 15) is 27.8 Å². The van der Waals surface area contributed by atoms with E-state index in [1.165, 1.54) is 0 Å². The molecule has 1 aromatic heterocycles. The van der Waals surface area contributed by atoms with E-state index in [0.29, 0.717) is 0 Å². The summed E-state index contributed by atoms with van der Waals surface area (Å²) in [4.78, 5) is 47.1.